The Kier molecular flexibility index (Phi) is 4.74. The van der Waals surface area contributed by atoms with Crippen molar-refractivity contribution in [1.82, 2.24) is 4.90 Å². The molecule has 1 N–H and O–H groups in total. The van der Waals surface area contributed by atoms with E-state index in [0.717, 1.165) is 5.69 Å². The summed E-state index contributed by atoms with van der Waals surface area (Å²) in [7, 11) is 0. The molecule has 1 unspecified atom stereocenters. The van der Waals surface area contributed by atoms with Gasteiger partial charge in [-0.05, 0) is 29.8 Å². The molecule has 2 heterocycles. The van der Waals surface area contributed by atoms with Crippen molar-refractivity contribution in [3.63, 3.8) is 0 Å². The van der Waals surface area contributed by atoms with Gasteiger partial charge in [-0.25, -0.2) is 4.39 Å². The normalized spacial score (nSPS) is 19.5. The van der Waals surface area contributed by atoms with Gasteiger partial charge in [-0.1, -0.05) is 29.8 Å². The third kappa shape index (κ3) is 3.49. The van der Waals surface area contributed by atoms with Crippen molar-refractivity contribution in [2.24, 2.45) is 0 Å². The first-order chi connectivity index (χ1) is 13.0. The molecule has 4 rings (SSSR count). The predicted octanol–water partition coefficient (Wildman–Crippen LogP) is 3.25. The lowest BCUT2D eigenvalue weighted by Crippen LogP contribution is -2.50. The summed E-state index contributed by atoms with van der Waals surface area (Å²) >= 11 is 6.27. The summed E-state index contributed by atoms with van der Waals surface area (Å²) in [5.74, 6) is -1.35. The molecule has 2 aliphatic heterocycles. The number of fused-ring (bicyclic) bond motifs is 1. The third-order valence-electron chi connectivity index (χ3n) is 5.14. The van der Waals surface area contributed by atoms with E-state index >= 15 is 0 Å². The smallest absolute Gasteiger partial charge is 0.230 e. The van der Waals surface area contributed by atoms with E-state index in [9.17, 15) is 14.0 Å². The zero-order valence-corrected chi connectivity index (χ0v) is 15.4. The lowest BCUT2D eigenvalue weighted by molar-refractivity contribution is -0.135. The minimum atomic E-state index is -0.568. The van der Waals surface area contributed by atoms with Crippen LogP contribution in [0.25, 0.3) is 0 Å². The number of carbonyl (C=O) groups excluding carboxylic acids is 2. The van der Waals surface area contributed by atoms with Crippen LogP contribution in [-0.2, 0) is 9.59 Å². The average Bonchev–Trinajstić information content (AvgIpc) is 2.67. The number of rotatable bonds is 2. The van der Waals surface area contributed by atoms with Crippen LogP contribution >= 0.6 is 11.6 Å². The first-order valence-electron chi connectivity index (χ1n) is 8.90. The number of benzene rings is 2. The quantitative estimate of drug-likeness (QED) is 0.860. The van der Waals surface area contributed by atoms with Gasteiger partial charge < -0.3 is 15.1 Å². The molecule has 140 valence electrons. The Hall–Kier alpha value is -2.60. The number of hydrogen-bond acceptors (Lipinski definition) is 3. The van der Waals surface area contributed by atoms with E-state index < -0.39 is 11.7 Å². The number of para-hydroxylation sites is 1. The largest absolute Gasteiger partial charge is 0.367 e. The standard InChI is InChI=1S/C20H19ClFN3O2/c21-16-3-1-2-4-18(16)24-7-9-25(10-8-24)20(27)15-12-19(26)23-17-11-13(22)5-6-14(15)17/h1-6,11,15H,7-10,12H2,(H,23,26). The van der Waals surface area contributed by atoms with E-state index in [1.54, 1.807) is 11.0 Å². The van der Waals surface area contributed by atoms with Crippen molar-refractivity contribution in [1.29, 1.82) is 0 Å². The lowest BCUT2D eigenvalue weighted by Gasteiger charge is -2.38. The van der Waals surface area contributed by atoms with E-state index in [1.807, 2.05) is 24.3 Å². The highest BCUT2D eigenvalue weighted by Crippen LogP contribution is 2.34. The van der Waals surface area contributed by atoms with Gasteiger partial charge in [0.2, 0.25) is 11.8 Å². The summed E-state index contributed by atoms with van der Waals surface area (Å²) in [5.41, 5.74) is 2.03. The molecule has 0 saturated carbocycles. The van der Waals surface area contributed by atoms with E-state index in [4.69, 9.17) is 11.6 Å². The SMILES string of the molecule is O=C1CC(C(=O)N2CCN(c3ccccc3Cl)CC2)c2ccc(F)cc2N1. The van der Waals surface area contributed by atoms with E-state index in [1.165, 1.54) is 12.1 Å². The summed E-state index contributed by atoms with van der Waals surface area (Å²) in [5, 5.41) is 3.34. The van der Waals surface area contributed by atoms with Crippen LogP contribution in [0.4, 0.5) is 15.8 Å². The number of carbonyl (C=O) groups is 2. The third-order valence-corrected chi connectivity index (χ3v) is 5.46. The summed E-state index contributed by atoms with van der Waals surface area (Å²) in [6, 6.07) is 11.8. The van der Waals surface area contributed by atoms with E-state index in [0.29, 0.717) is 42.5 Å². The molecular weight excluding hydrogens is 369 g/mol. The fourth-order valence-corrected chi connectivity index (χ4v) is 4.01. The molecular formula is C20H19ClFN3O2. The van der Waals surface area contributed by atoms with Crippen molar-refractivity contribution in [3.8, 4) is 0 Å². The predicted molar refractivity (Wildman–Crippen MR) is 103 cm³/mol. The summed E-state index contributed by atoms with van der Waals surface area (Å²) in [6.07, 6.45) is 0.0855. The van der Waals surface area contributed by atoms with Crippen molar-refractivity contribution in [3.05, 3.63) is 58.9 Å². The van der Waals surface area contributed by atoms with Gasteiger partial charge >= 0.3 is 0 Å². The number of nitrogens with one attached hydrogen (secondary N) is 1. The summed E-state index contributed by atoms with van der Waals surface area (Å²) in [6.45, 7) is 2.45. The van der Waals surface area contributed by atoms with Gasteiger partial charge in [0.25, 0.3) is 0 Å². The lowest BCUT2D eigenvalue weighted by atomic mass is 9.89. The monoisotopic (exact) mass is 387 g/mol. The van der Waals surface area contributed by atoms with Gasteiger partial charge in [0.1, 0.15) is 5.82 Å². The molecule has 7 heteroatoms. The van der Waals surface area contributed by atoms with Crippen molar-refractivity contribution in [2.75, 3.05) is 36.4 Å². The Labute approximate surface area is 161 Å². The van der Waals surface area contributed by atoms with Crippen LogP contribution in [0.3, 0.4) is 0 Å². The zero-order chi connectivity index (χ0) is 19.0. The fourth-order valence-electron chi connectivity index (χ4n) is 3.75. The molecule has 2 amide bonds. The molecule has 0 aliphatic carbocycles. The van der Waals surface area contributed by atoms with Gasteiger partial charge in [0.05, 0.1) is 16.6 Å². The molecule has 1 atom stereocenters. The highest BCUT2D eigenvalue weighted by molar-refractivity contribution is 6.33. The molecule has 27 heavy (non-hydrogen) atoms. The molecule has 0 spiro atoms. The average molecular weight is 388 g/mol. The van der Waals surface area contributed by atoms with E-state index in [2.05, 4.69) is 10.2 Å². The van der Waals surface area contributed by atoms with Crippen LogP contribution in [-0.4, -0.2) is 42.9 Å². The molecule has 0 radical (unpaired) electrons. The van der Waals surface area contributed by atoms with Crippen LogP contribution in [0.2, 0.25) is 5.02 Å². The highest BCUT2D eigenvalue weighted by Gasteiger charge is 2.35. The Balaban J connectivity index is 1.49. The van der Waals surface area contributed by atoms with Crippen LogP contribution in [0.5, 0.6) is 0 Å². The Morgan fingerprint density at radius 1 is 1.11 bits per heavy atom. The number of hydrogen-bond donors (Lipinski definition) is 1. The molecule has 2 aromatic carbocycles. The van der Waals surface area contributed by atoms with Gasteiger partial charge in [-0.2, -0.15) is 0 Å². The van der Waals surface area contributed by atoms with Crippen LogP contribution in [0.1, 0.15) is 17.9 Å². The zero-order valence-electron chi connectivity index (χ0n) is 14.6. The van der Waals surface area contributed by atoms with Gasteiger partial charge in [0.15, 0.2) is 0 Å². The summed E-state index contributed by atoms with van der Waals surface area (Å²) < 4.78 is 13.5. The van der Waals surface area contributed by atoms with Gasteiger partial charge in [0, 0.05) is 38.3 Å². The molecule has 0 aromatic heterocycles. The molecule has 2 aromatic rings. The minimum absolute atomic E-state index is 0.0855. The maximum Gasteiger partial charge on any atom is 0.230 e. The van der Waals surface area contributed by atoms with Crippen LogP contribution < -0.4 is 10.2 Å². The number of amides is 2. The molecule has 0 bridgehead atoms. The van der Waals surface area contributed by atoms with E-state index in [-0.39, 0.29) is 18.2 Å². The molecule has 2 aliphatic rings. The van der Waals surface area contributed by atoms with Crippen molar-refractivity contribution < 1.29 is 14.0 Å². The van der Waals surface area contributed by atoms with Crippen LogP contribution in [0.15, 0.2) is 42.5 Å². The number of anilines is 2. The first kappa shape index (κ1) is 17.8. The Bertz CT molecular complexity index is 897. The molecule has 5 nitrogen and oxygen atoms in total. The number of nitrogens with zero attached hydrogens (tertiary/aromatic N) is 2. The molecule has 1 saturated heterocycles. The maximum atomic E-state index is 13.5. The molecule has 1 fully saturated rings. The Morgan fingerprint density at radius 3 is 2.59 bits per heavy atom. The number of piperazine rings is 1. The second-order valence-corrected chi connectivity index (χ2v) is 7.21. The highest BCUT2D eigenvalue weighted by atomic mass is 35.5. The van der Waals surface area contributed by atoms with Crippen LogP contribution in [0, 0.1) is 5.82 Å². The maximum absolute atomic E-state index is 13.5. The summed E-state index contributed by atoms with van der Waals surface area (Å²) in [4.78, 5) is 29.0. The Morgan fingerprint density at radius 2 is 1.85 bits per heavy atom. The fraction of sp³-hybridized carbons (Fsp3) is 0.300. The second kappa shape index (κ2) is 7.19. The van der Waals surface area contributed by atoms with Gasteiger partial charge in [-0.3, -0.25) is 9.59 Å². The first-order valence-corrected chi connectivity index (χ1v) is 9.28. The van der Waals surface area contributed by atoms with Crippen molar-refractivity contribution in [2.45, 2.75) is 12.3 Å². The number of halogens is 2. The second-order valence-electron chi connectivity index (χ2n) is 6.80. The van der Waals surface area contributed by atoms with Crippen molar-refractivity contribution >= 4 is 34.8 Å². The topological polar surface area (TPSA) is 52.7 Å². The van der Waals surface area contributed by atoms with Gasteiger partial charge in [-0.15, -0.1) is 0 Å². The minimum Gasteiger partial charge on any atom is -0.367 e.